The average molecular weight is 345 g/mol. The Morgan fingerprint density at radius 3 is 2.40 bits per heavy atom. The van der Waals surface area contributed by atoms with Crippen LogP contribution in [0.25, 0.3) is 0 Å². The van der Waals surface area contributed by atoms with Crippen molar-refractivity contribution >= 4 is 5.91 Å². The van der Waals surface area contributed by atoms with Crippen LogP contribution in [0.15, 0.2) is 12.3 Å². The number of likely N-dealkylation sites (tertiary alicyclic amines) is 1. The van der Waals surface area contributed by atoms with E-state index in [2.05, 4.69) is 51.4 Å². The second kappa shape index (κ2) is 6.48. The molecule has 1 atom stereocenters. The van der Waals surface area contributed by atoms with E-state index in [1.807, 2.05) is 4.90 Å². The van der Waals surface area contributed by atoms with Crippen LogP contribution in [0, 0.1) is 16.7 Å². The molecule has 1 aromatic heterocycles. The molecule has 0 radical (unpaired) electrons. The van der Waals surface area contributed by atoms with Gasteiger partial charge in [0.05, 0.1) is 0 Å². The Morgan fingerprint density at radius 1 is 1.24 bits per heavy atom. The molecule has 0 spiro atoms. The summed E-state index contributed by atoms with van der Waals surface area (Å²) in [5, 5.41) is 0. The van der Waals surface area contributed by atoms with Crippen LogP contribution in [-0.2, 0) is 17.6 Å². The Bertz CT molecular complexity index is 629. The minimum absolute atomic E-state index is 0.222. The van der Waals surface area contributed by atoms with Crippen LogP contribution in [0.2, 0.25) is 0 Å². The zero-order chi connectivity index (χ0) is 18.4. The first-order valence-electron chi connectivity index (χ1n) is 10.1. The van der Waals surface area contributed by atoms with Crippen molar-refractivity contribution < 1.29 is 4.79 Å². The maximum absolute atomic E-state index is 11.6. The third-order valence-electron chi connectivity index (χ3n) is 7.33. The van der Waals surface area contributed by atoms with E-state index in [9.17, 15) is 4.79 Å². The lowest BCUT2D eigenvalue weighted by Gasteiger charge is -2.51. The van der Waals surface area contributed by atoms with Gasteiger partial charge in [-0.05, 0) is 60.5 Å². The minimum Gasteiger partial charge on any atom is -0.348 e. The highest BCUT2D eigenvalue weighted by Gasteiger charge is 2.46. The fraction of sp³-hybridized carbons (Fsp3) is 0.773. The monoisotopic (exact) mass is 344 g/mol. The van der Waals surface area contributed by atoms with Gasteiger partial charge in [-0.25, -0.2) is 0 Å². The van der Waals surface area contributed by atoms with E-state index in [0.717, 1.165) is 25.9 Å². The summed E-state index contributed by atoms with van der Waals surface area (Å²) in [6.45, 7) is 15.6. The molecule has 1 fully saturated rings. The van der Waals surface area contributed by atoms with E-state index in [1.54, 1.807) is 18.2 Å². The summed E-state index contributed by atoms with van der Waals surface area (Å²) in [5.41, 5.74) is 3.86. The fourth-order valence-electron chi connectivity index (χ4n) is 5.54. The van der Waals surface area contributed by atoms with Crippen molar-refractivity contribution in [2.75, 3.05) is 13.1 Å². The molecule has 0 saturated carbocycles. The van der Waals surface area contributed by atoms with E-state index in [0.29, 0.717) is 22.8 Å². The molecule has 3 rings (SSSR count). The molecule has 3 heteroatoms. The number of piperidine rings is 1. The van der Waals surface area contributed by atoms with Gasteiger partial charge < -0.3 is 9.47 Å². The Kier molecular flexibility index (Phi) is 4.81. The Hall–Kier alpha value is -1.25. The number of aromatic nitrogens is 1. The molecule has 0 aromatic carbocycles. The van der Waals surface area contributed by atoms with Crippen molar-refractivity contribution in [1.82, 2.24) is 9.47 Å². The summed E-state index contributed by atoms with van der Waals surface area (Å²) in [6.07, 6.45) is 8.22. The van der Waals surface area contributed by atoms with Gasteiger partial charge in [0, 0.05) is 37.9 Å². The molecule has 1 unspecified atom stereocenters. The van der Waals surface area contributed by atoms with Crippen LogP contribution in [0.5, 0.6) is 0 Å². The van der Waals surface area contributed by atoms with Gasteiger partial charge >= 0.3 is 0 Å². The first kappa shape index (κ1) is 18.5. The first-order chi connectivity index (χ1) is 11.7. The number of nitrogens with zero attached hydrogens (tertiary/aromatic N) is 2. The number of hydrogen-bond acceptors (Lipinski definition) is 1. The van der Waals surface area contributed by atoms with E-state index in [4.69, 9.17) is 0 Å². The number of fused-ring (bicyclic) bond motifs is 1. The molecule has 25 heavy (non-hydrogen) atoms. The molecule has 2 aliphatic rings. The highest BCUT2D eigenvalue weighted by atomic mass is 16.2. The molecule has 1 aromatic rings. The predicted molar refractivity (Wildman–Crippen MR) is 104 cm³/mol. The maximum Gasteiger partial charge on any atom is 0.219 e. The molecule has 1 aliphatic heterocycles. The Morgan fingerprint density at radius 2 is 1.88 bits per heavy atom. The van der Waals surface area contributed by atoms with Crippen LogP contribution in [0.1, 0.15) is 78.1 Å². The van der Waals surface area contributed by atoms with Gasteiger partial charge in [-0.2, -0.15) is 0 Å². The second-order valence-electron chi connectivity index (χ2n) is 9.67. The molecule has 1 aliphatic carbocycles. The molecule has 3 nitrogen and oxygen atoms in total. The molecule has 0 bridgehead atoms. The lowest BCUT2D eigenvalue weighted by molar-refractivity contribution is -0.130. The van der Waals surface area contributed by atoms with Gasteiger partial charge in [-0.1, -0.05) is 34.6 Å². The maximum atomic E-state index is 11.6. The standard InChI is InChI=1S/C22H36N2O/c1-16(2)22(21(4,5)6)11-7-20-18(15-22)8-14-24(20)19-9-12-23(13-10-19)17(3)25/h8,14,16,19H,7,9-13,15H2,1-6H3. The quantitative estimate of drug-likeness (QED) is 0.753. The summed E-state index contributed by atoms with van der Waals surface area (Å²) < 4.78 is 2.56. The van der Waals surface area contributed by atoms with Gasteiger partial charge in [0.25, 0.3) is 0 Å². The number of rotatable bonds is 2. The third-order valence-corrected chi connectivity index (χ3v) is 7.33. The smallest absolute Gasteiger partial charge is 0.219 e. The van der Waals surface area contributed by atoms with Crippen molar-refractivity contribution in [3.63, 3.8) is 0 Å². The van der Waals surface area contributed by atoms with Crippen molar-refractivity contribution in [1.29, 1.82) is 0 Å². The van der Waals surface area contributed by atoms with E-state index in [-0.39, 0.29) is 5.91 Å². The van der Waals surface area contributed by atoms with Crippen molar-refractivity contribution in [2.24, 2.45) is 16.7 Å². The lowest BCUT2D eigenvalue weighted by atomic mass is 9.54. The van der Waals surface area contributed by atoms with Crippen molar-refractivity contribution in [2.45, 2.75) is 79.7 Å². The minimum atomic E-state index is 0.222. The summed E-state index contributed by atoms with van der Waals surface area (Å²) in [4.78, 5) is 13.6. The second-order valence-corrected chi connectivity index (χ2v) is 9.67. The number of carbonyl (C=O) groups is 1. The average Bonchev–Trinajstić information content (AvgIpc) is 2.96. The molecular weight excluding hydrogens is 308 g/mol. The van der Waals surface area contributed by atoms with Crippen molar-refractivity contribution in [3.05, 3.63) is 23.5 Å². The number of carbonyl (C=O) groups excluding carboxylic acids is 1. The highest BCUT2D eigenvalue weighted by Crippen LogP contribution is 2.53. The first-order valence-corrected chi connectivity index (χ1v) is 10.1. The topological polar surface area (TPSA) is 25.2 Å². The van der Waals surface area contributed by atoms with Crippen LogP contribution in [0.3, 0.4) is 0 Å². The Labute approximate surface area is 153 Å². The van der Waals surface area contributed by atoms with E-state index >= 15 is 0 Å². The third kappa shape index (κ3) is 3.15. The lowest BCUT2D eigenvalue weighted by Crippen LogP contribution is -2.45. The zero-order valence-corrected chi connectivity index (χ0v) is 17.1. The number of hydrogen-bond donors (Lipinski definition) is 0. The predicted octanol–water partition coefficient (Wildman–Crippen LogP) is 4.85. The SMILES string of the molecule is CC(=O)N1CCC(n2ccc3c2CCC(C(C)C)(C(C)(C)C)C3)CC1. The highest BCUT2D eigenvalue weighted by molar-refractivity contribution is 5.73. The van der Waals surface area contributed by atoms with Crippen LogP contribution in [0.4, 0.5) is 0 Å². The largest absolute Gasteiger partial charge is 0.348 e. The summed E-state index contributed by atoms with van der Waals surface area (Å²) in [5.74, 6) is 0.919. The van der Waals surface area contributed by atoms with Gasteiger partial charge in [0.1, 0.15) is 0 Å². The van der Waals surface area contributed by atoms with Crippen LogP contribution >= 0.6 is 0 Å². The van der Waals surface area contributed by atoms with Gasteiger partial charge in [0.15, 0.2) is 0 Å². The zero-order valence-electron chi connectivity index (χ0n) is 17.1. The van der Waals surface area contributed by atoms with Gasteiger partial charge in [0.2, 0.25) is 5.91 Å². The van der Waals surface area contributed by atoms with Gasteiger partial charge in [-0.15, -0.1) is 0 Å². The van der Waals surface area contributed by atoms with Crippen molar-refractivity contribution in [3.8, 4) is 0 Å². The van der Waals surface area contributed by atoms with Gasteiger partial charge in [-0.3, -0.25) is 4.79 Å². The molecule has 1 amide bonds. The van der Waals surface area contributed by atoms with Crippen LogP contribution in [-0.4, -0.2) is 28.5 Å². The Balaban J connectivity index is 1.81. The van der Waals surface area contributed by atoms with E-state index < -0.39 is 0 Å². The van der Waals surface area contributed by atoms with Crippen LogP contribution < -0.4 is 0 Å². The normalized spacial score (nSPS) is 25.3. The summed E-state index contributed by atoms with van der Waals surface area (Å²) in [6, 6.07) is 2.95. The van der Waals surface area contributed by atoms with E-state index in [1.165, 1.54) is 19.3 Å². The molecule has 1 saturated heterocycles. The molecule has 2 heterocycles. The number of amides is 1. The molecule has 0 N–H and O–H groups in total. The fourth-order valence-corrected chi connectivity index (χ4v) is 5.54. The summed E-state index contributed by atoms with van der Waals surface area (Å²) in [7, 11) is 0. The molecule has 140 valence electrons. The summed E-state index contributed by atoms with van der Waals surface area (Å²) >= 11 is 0. The molecular formula is C22H36N2O.